The summed E-state index contributed by atoms with van der Waals surface area (Å²) in [4.78, 5) is 16.2. The number of rotatable bonds is 4. The van der Waals surface area contributed by atoms with Crippen molar-refractivity contribution in [1.82, 2.24) is 10.3 Å². The van der Waals surface area contributed by atoms with Gasteiger partial charge in [-0.3, -0.25) is 9.78 Å². The van der Waals surface area contributed by atoms with Gasteiger partial charge >= 0.3 is 0 Å². The molecule has 1 aromatic carbocycles. The predicted molar refractivity (Wildman–Crippen MR) is 68.9 cm³/mol. The number of nitriles is 1. The number of carbonyl (C=O) groups excluding carboxylic acids is 1. The van der Waals surface area contributed by atoms with Crippen molar-refractivity contribution in [1.29, 1.82) is 5.26 Å². The number of unbranched alkanes of at least 4 members (excludes halogenated alkanes) is 1. The van der Waals surface area contributed by atoms with Gasteiger partial charge in [-0.2, -0.15) is 5.26 Å². The monoisotopic (exact) mass is 239 g/mol. The second-order valence-electron chi connectivity index (χ2n) is 3.89. The zero-order valence-electron chi connectivity index (χ0n) is 9.89. The van der Waals surface area contributed by atoms with E-state index < -0.39 is 0 Å². The van der Waals surface area contributed by atoms with Crippen LogP contribution in [0.5, 0.6) is 0 Å². The Morgan fingerprint density at radius 1 is 1.33 bits per heavy atom. The summed E-state index contributed by atoms with van der Waals surface area (Å²) in [5.74, 6) is -0.119. The third-order valence-corrected chi connectivity index (χ3v) is 2.64. The lowest BCUT2D eigenvalue weighted by molar-refractivity contribution is 0.0955. The molecular weight excluding hydrogens is 226 g/mol. The number of hydrogen-bond acceptors (Lipinski definition) is 3. The van der Waals surface area contributed by atoms with Crippen molar-refractivity contribution in [2.45, 2.75) is 12.8 Å². The third-order valence-electron chi connectivity index (χ3n) is 2.64. The predicted octanol–water partition coefficient (Wildman–Crippen LogP) is 2.27. The van der Waals surface area contributed by atoms with E-state index in [-0.39, 0.29) is 5.91 Å². The first-order valence-electron chi connectivity index (χ1n) is 5.82. The maximum atomic E-state index is 12.0. The van der Waals surface area contributed by atoms with Crippen LogP contribution in [0.2, 0.25) is 0 Å². The van der Waals surface area contributed by atoms with Crippen LogP contribution in [0.3, 0.4) is 0 Å². The number of nitrogens with zero attached hydrogens (tertiary/aromatic N) is 2. The number of nitrogens with one attached hydrogen (secondary N) is 1. The van der Waals surface area contributed by atoms with Gasteiger partial charge in [-0.05, 0) is 18.6 Å². The summed E-state index contributed by atoms with van der Waals surface area (Å²) in [6.45, 7) is 0.517. The quantitative estimate of drug-likeness (QED) is 0.832. The SMILES string of the molecule is N#CCCCNC(=O)c1ccnc2ccccc12. The second kappa shape index (κ2) is 5.78. The van der Waals surface area contributed by atoms with Crippen LogP contribution < -0.4 is 5.32 Å². The van der Waals surface area contributed by atoms with E-state index in [2.05, 4.69) is 10.3 Å². The smallest absolute Gasteiger partial charge is 0.252 e. The Kier molecular flexibility index (Phi) is 3.87. The average molecular weight is 239 g/mol. The Labute approximate surface area is 105 Å². The Morgan fingerprint density at radius 2 is 2.17 bits per heavy atom. The van der Waals surface area contributed by atoms with E-state index in [1.165, 1.54) is 0 Å². The molecule has 0 saturated heterocycles. The zero-order valence-corrected chi connectivity index (χ0v) is 9.89. The molecule has 1 heterocycles. The van der Waals surface area contributed by atoms with Crippen LogP contribution in [0.15, 0.2) is 36.5 Å². The minimum absolute atomic E-state index is 0.119. The van der Waals surface area contributed by atoms with Gasteiger partial charge in [-0.1, -0.05) is 18.2 Å². The van der Waals surface area contributed by atoms with Crippen molar-refractivity contribution < 1.29 is 4.79 Å². The molecule has 2 rings (SSSR count). The molecule has 90 valence electrons. The summed E-state index contributed by atoms with van der Waals surface area (Å²) >= 11 is 0. The Morgan fingerprint density at radius 3 is 3.00 bits per heavy atom. The first-order chi connectivity index (χ1) is 8.83. The van der Waals surface area contributed by atoms with Gasteiger partial charge in [-0.25, -0.2) is 0 Å². The lowest BCUT2D eigenvalue weighted by Gasteiger charge is -2.06. The summed E-state index contributed by atoms with van der Waals surface area (Å²) < 4.78 is 0. The topological polar surface area (TPSA) is 65.8 Å². The van der Waals surface area contributed by atoms with Crippen molar-refractivity contribution in [3.8, 4) is 6.07 Å². The number of para-hydroxylation sites is 1. The lowest BCUT2D eigenvalue weighted by Crippen LogP contribution is -2.24. The number of pyridine rings is 1. The summed E-state index contributed by atoms with van der Waals surface area (Å²) in [7, 11) is 0. The van der Waals surface area contributed by atoms with Crippen LogP contribution in [0.1, 0.15) is 23.2 Å². The van der Waals surface area contributed by atoms with Crippen LogP contribution in [0, 0.1) is 11.3 Å². The largest absolute Gasteiger partial charge is 0.352 e. The van der Waals surface area contributed by atoms with Crippen molar-refractivity contribution in [2.75, 3.05) is 6.54 Å². The summed E-state index contributed by atoms with van der Waals surface area (Å²) in [5, 5.41) is 12.1. The van der Waals surface area contributed by atoms with E-state index in [0.717, 1.165) is 10.9 Å². The Balaban J connectivity index is 2.15. The van der Waals surface area contributed by atoms with Crippen LogP contribution >= 0.6 is 0 Å². The van der Waals surface area contributed by atoms with Gasteiger partial charge in [0.1, 0.15) is 0 Å². The van der Waals surface area contributed by atoms with E-state index >= 15 is 0 Å². The molecule has 1 aromatic heterocycles. The molecule has 0 saturated carbocycles. The molecule has 1 N–H and O–H groups in total. The molecule has 0 spiro atoms. The number of fused-ring (bicyclic) bond motifs is 1. The van der Waals surface area contributed by atoms with Crippen molar-refractivity contribution >= 4 is 16.8 Å². The maximum Gasteiger partial charge on any atom is 0.252 e. The highest BCUT2D eigenvalue weighted by Gasteiger charge is 2.09. The molecule has 0 aliphatic heterocycles. The van der Waals surface area contributed by atoms with E-state index in [1.54, 1.807) is 12.3 Å². The fraction of sp³-hybridized carbons (Fsp3) is 0.214. The van der Waals surface area contributed by atoms with E-state index in [0.29, 0.717) is 24.9 Å². The summed E-state index contributed by atoms with van der Waals surface area (Å²) in [5.41, 5.74) is 1.43. The minimum Gasteiger partial charge on any atom is -0.352 e. The molecule has 0 fully saturated rings. The molecule has 0 aliphatic rings. The fourth-order valence-corrected chi connectivity index (χ4v) is 1.76. The van der Waals surface area contributed by atoms with Crippen LogP contribution in [-0.4, -0.2) is 17.4 Å². The summed E-state index contributed by atoms with van der Waals surface area (Å²) in [6.07, 6.45) is 2.76. The highest BCUT2D eigenvalue weighted by Crippen LogP contribution is 2.15. The van der Waals surface area contributed by atoms with Crippen LogP contribution in [0.25, 0.3) is 10.9 Å². The van der Waals surface area contributed by atoms with Gasteiger partial charge < -0.3 is 5.32 Å². The fourth-order valence-electron chi connectivity index (χ4n) is 1.76. The van der Waals surface area contributed by atoms with Gasteiger partial charge in [0.05, 0.1) is 17.1 Å². The number of aromatic nitrogens is 1. The van der Waals surface area contributed by atoms with Crippen LogP contribution in [-0.2, 0) is 0 Å². The standard InChI is InChI=1S/C14H13N3O/c15-8-3-4-9-17-14(18)12-7-10-16-13-6-2-1-5-11(12)13/h1-2,5-7,10H,3-4,9H2,(H,17,18). The highest BCUT2D eigenvalue weighted by atomic mass is 16.1. The molecule has 0 atom stereocenters. The second-order valence-corrected chi connectivity index (χ2v) is 3.89. The molecule has 0 radical (unpaired) electrons. The zero-order chi connectivity index (χ0) is 12.8. The number of carbonyl (C=O) groups is 1. The Hall–Kier alpha value is -2.41. The van der Waals surface area contributed by atoms with Crippen molar-refractivity contribution in [3.63, 3.8) is 0 Å². The molecule has 0 unspecified atom stereocenters. The Bertz CT molecular complexity index is 596. The molecule has 0 bridgehead atoms. The molecule has 2 aromatic rings. The molecular formula is C14H13N3O. The van der Waals surface area contributed by atoms with E-state index in [4.69, 9.17) is 5.26 Å². The molecule has 1 amide bonds. The molecule has 0 aliphatic carbocycles. The van der Waals surface area contributed by atoms with Gasteiger partial charge in [0.25, 0.3) is 5.91 Å². The van der Waals surface area contributed by atoms with Gasteiger partial charge in [0.15, 0.2) is 0 Å². The summed E-state index contributed by atoms with van der Waals surface area (Å²) in [6, 6.07) is 11.3. The van der Waals surface area contributed by atoms with Crippen LogP contribution in [0.4, 0.5) is 0 Å². The minimum atomic E-state index is -0.119. The number of benzene rings is 1. The molecule has 18 heavy (non-hydrogen) atoms. The van der Waals surface area contributed by atoms with E-state index in [9.17, 15) is 4.79 Å². The van der Waals surface area contributed by atoms with E-state index in [1.807, 2.05) is 30.3 Å². The normalized spacial score (nSPS) is 9.94. The molecule has 4 heteroatoms. The average Bonchev–Trinajstić information content (AvgIpc) is 2.43. The third kappa shape index (κ3) is 2.64. The number of hydrogen-bond donors (Lipinski definition) is 1. The van der Waals surface area contributed by atoms with Gasteiger partial charge in [0.2, 0.25) is 0 Å². The maximum absolute atomic E-state index is 12.0. The first-order valence-corrected chi connectivity index (χ1v) is 5.82. The van der Waals surface area contributed by atoms with Gasteiger partial charge in [-0.15, -0.1) is 0 Å². The van der Waals surface area contributed by atoms with Gasteiger partial charge in [0, 0.05) is 24.5 Å². The van der Waals surface area contributed by atoms with Crippen molar-refractivity contribution in [3.05, 3.63) is 42.1 Å². The van der Waals surface area contributed by atoms with Crippen molar-refractivity contribution in [2.24, 2.45) is 0 Å². The number of amides is 1. The highest BCUT2D eigenvalue weighted by molar-refractivity contribution is 6.05. The first kappa shape index (κ1) is 12.1. The molecule has 4 nitrogen and oxygen atoms in total. The lowest BCUT2D eigenvalue weighted by atomic mass is 10.1.